The van der Waals surface area contributed by atoms with Crippen molar-refractivity contribution < 1.29 is 19.8 Å². The third kappa shape index (κ3) is 6.20. The normalized spacial score (nSPS) is 14.4. The maximum absolute atomic E-state index is 9.55. The quantitative estimate of drug-likeness (QED) is 0.692. The highest BCUT2D eigenvalue weighted by Crippen LogP contribution is 2.28. The van der Waals surface area contributed by atoms with Gasteiger partial charge in [0.25, 0.3) is 0 Å². The molecular formula is C15H18N4O4S. The maximum atomic E-state index is 9.55. The van der Waals surface area contributed by atoms with Crippen molar-refractivity contribution in [1.82, 2.24) is 9.88 Å². The molecule has 9 heteroatoms. The molecule has 1 aromatic heterocycles. The summed E-state index contributed by atoms with van der Waals surface area (Å²) in [5.74, 6) is -2.51. The number of carbonyl (C=O) groups is 2. The number of thiazole rings is 1. The number of anilines is 1. The van der Waals surface area contributed by atoms with Gasteiger partial charge in [0.1, 0.15) is 10.9 Å². The van der Waals surface area contributed by atoms with Gasteiger partial charge in [-0.05, 0) is 18.5 Å². The van der Waals surface area contributed by atoms with E-state index < -0.39 is 11.9 Å². The molecule has 0 amide bonds. The Morgan fingerprint density at radius 2 is 2.08 bits per heavy atom. The van der Waals surface area contributed by atoms with Crippen molar-refractivity contribution in [3.8, 4) is 6.07 Å². The van der Waals surface area contributed by atoms with Gasteiger partial charge in [0.2, 0.25) is 0 Å². The molecule has 4 N–H and O–H groups in total. The zero-order valence-electron chi connectivity index (χ0n) is 13.1. The number of aliphatic carboxylic acids is 2. The average Bonchev–Trinajstić information content (AvgIpc) is 2.94. The monoisotopic (exact) mass is 350 g/mol. The van der Waals surface area contributed by atoms with E-state index in [-0.39, 0.29) is 0 Å². The second-order valence-corrected chi connectivity index (χ2v) is 5.77. The molecule has 24 heavy (non-hydrogen) atoms. The van der Waals surface area contributed by atoms with Crippen molar-refractivity contribution >= 4 is 34.0 Å². The van der Waals surface area contributed by atoms with Crippen LogP contribution in [0.15, 0.2) is 18.2 Å². The summed E-state index contributed by atoms with van der Waals surface area (Å²) in [5.41, 5.74) is 7.56. The summed E-state index contributed by atoms with van der Waals surface area (Å²) in [6.07, 6.45) is 4.30. The number of carboxylic acids is 2. The smallest absolute Gasteiger partial charge is 0.328 e. The Labute approximate surface area is 143 Å². The minimum atomic E-state index is -1.26. The van der Waals surface area contributed by atoms with E-state index in [1.807, 2.05) is 0 Å². The molecule has 0 bridgehead atoms. The summed E-state index contributed by atoms with van der Waals surface area (Å²) in [7, 11) is 0. The van der Waals surface area contributed by atoms with Gasteiger partial charge in [-0.25, -0.2) is 14.6 Å². The molecule has 0 aromatic carbocycles. The molecule has 8 nitrogen and oxygen atoms in total. The van der Waals surface area contributed by atoms with Gasteiger partial charge in [0.15, 0.2) is 5.13 Å². The third-order valence-electron chi connectivity index (χ3n) is 3.10. The van der Waals surface area contributed by atoms with E-state index in [0.29, 0.717) is 22.2 Å². The van der Waals surface area contributed by atoms with Crippen LogP contribution < -0.4 is 5.73 Å². The maximum Gasteiger partial charge on any atom is 0.328 e. The van der Waals surface area contributed by atoms with Crippen molar-refractivity contribution in [1.29, 1.82) is 5.26 Å². The number of hydrogen-bond donors (Lipinski definition) is 3. The first-order chi connectivity index (χ1) is 11.4. The van der Waals surface area contributed by atoms with Crippen LogP contribution in [0.3, 0.4) is 0 Å². The number of nitrogen functional groups attached to an aromatic ring is 1. The lowest BCUT2D eigenvalue weighted by Crippen LogP contribution is -2.29. The predicted octanol–water partition coefficient (Wildman–Crippen LogP) is 1.42. The van der Waals surface area contributed by atoms with Crippen LogP contribution in [0, 0.1) is 11.3 Å². The summed E-state index contributed by atoms with van der Waals surface area (Å²) in [6.45, 7) is 5.12. The van der Waals surface area contributed by atoms with Gasteiger partial charge >= 0.3 is 11.9 Å². The van der Waals surface area contributed by atoms with Crippen LogP contribution in [0.5, 0.6) is 0 Å². The summed E-state index contributed by atoms with van der Waals surface area (Å²) >= 11 is 1.26. The molecule has 2 rings (SSSR count). The Balaban J connectivity index is 0.000000307. The predicted molar refractivity (Wildman–Crippen MR) is 90.4 cm³/mol. The van der Waals surface area contributed by atoms with Gasteiger partial charge in [0.05, 0.1) is 5.69 Å². The Hall–Kier alpha value is -2.70. The SMILES string of the molecule is CCN1CCC=C(c2nc(N)sc2C#N)C1.O=C(O)/C=C\C(=O)O. The lowest BCUT2D eigenvalue weighted by molar-refractivity contribution is -0.134. The van der Waals surface area contributed by atoms with E-state index in [2.05, 4.69) is 29.0 Å². The van der Waals surface area contributed by atoms with Crippen LogP contribution >= 0.6 is 11.3 Å². The molecule has 0 radical (unpaired) electrons. The van der Waals surface area contributed by atoms with Gasteiger partial charge in [-0.1, -0.05) is 24.3 Å². The Bertz CT molecular complexity index is 687. The first-order valence-corrected chi connectivity index (χ1v) is 7.91. The Morgan fingerprint density at radius 1 is 1.46 bits per heavy atom. The zero-order valence-corrected chi connectivity index (χ0v) is 13.9. The first-order valence-electron chi connectivity index (χ1n) is 7.09. The fraction of sp³-hybridized carbons (Fsp3) is 0.333. The van der Waals surface area contributed by atoms with Crippen molar-refractivity contribution in [2.45, 2.75) is 13.3 Å². The van der Waals surface area contributed by atoms with Gasteiger partial charge in [-0.2, -0.15) is 5.26 Å². The van der Waals surface area contributed by atoms with Crippen molar-refractivity contribution in [2.75, 3.05) is 25.4 Å². The van der Waals surface area contributed by atoms with Gasteiger partial charge in [-0.3, -0.25) is 4.90 Å². The lowest BCUT2D eigenvalue weighted by Gasteiger charge is -2.25. The fourth-order valence-electron chi connectivity index (χ4n) is 2.02. The van der Waals surface area contributed by atoms with Crippen molar-refractivity contribution in [2.24, 2.45) is 0 Å². The standard InChI is InChI=1S/C11H14N4S.C4H4O4/c1-2-15-5-3-4-8(7-15)10-9(6-12)16-11(13)14-10;5-3(6)1-2-4(7)8/h4H,2-3,5,7H2,1H3,(H2,13,14);1-2H,(H,5,6)(H,7,8)/b;2-1-. The number of nitriles is 1. The lowest BCUT2D eigenvalue weighted by atomic mass is 10.1. The molecule has 1 aliphatic rings. The van der Waals surface area contributed by atoms with Crippen LogP contribution in [0.25, 0.3) is 5.57 Å². The molecule has 1 aromatic rings. The molecule has 128 valence electrons. The molecular weight excluding hydrogens is 332 g/mol. The van der Waals surface area contributed by atoms with Crippen molar-refractivity contribution in [3.05, 3.63) is 28.8 Å². The van der Waals surface area contributed by atoms with Gasteiger partial charge in [-0.15, -0.1) is 0 Å². The highest BCUT2D eigenvalue weighted by Gasteiger charge is 2.18. The summed E-state index contributed by atoms with van der Waals surface area (Å²) in [4.78, 5) is 26.3. The first kappa shape index (κ1) is 19.3. The number of hydrogen-bond acceptors (Lipinski definition) is 7. The number of likely N-dealkylation sites (N-methyl/N-ethyl adjacent to an activating group) is 1. The van der Waals surface area contributed by atoms with E-state index in [4.69, 9.17) is 21.2 Å². The topological polar surface area (TPSA) is 141 Å². The van der Waals surface area contributed by atoms with Crippen molar-refractivity contribution in [3.63, 3.8) is 0 Å². The summed E-state index contributed by atoms with van der Waals surface area (Å²) in [5, 5.41) is 25.1. The highest BCUT2D eigenvalue weighted by molar-refractivity contribution is 7.16. The van der Waals surface area contributed by atoms with Crippen LogP contribution in [0.2, 0.25) is 0 Å². The number of nitrogens with two attached hydrogens (primary N) is 1. The zero-order chi connectivity index (χ0) is 18.1. The van der Waals surface area contributed by atoms with E-state index in [9.17, 15) is 9.59 Å². The third-order valence-corrected chi connectivity index (χ3v) is 3.88. The van der Waals surface area contributed by atoms with E-state index in [0.717, 1.165) is 37.3 Å². The second kappa shape index (κ2) is 9.44. The number of aromatic nitrogens is 1. The molecule has 0 unspecified atom stereocenters. The molecule has 1 aliphatic heterocycles. The molecule has 0 spiro atoms. The molecule has 0 saturated heterocycles. The summed E-state index contributed by atoms with van der Waals surface area (Å²) < 4.78 is 0. The Morgan fingerprint density at radius 3 is 2.58 bits per heavy atom. The molecule has 2 heterocycles. The van der Waals surface area contributed by atoms with Gasteiger partial charge in [0, 0.05) is 25.2 Å². The highest BCUT2D eigenvalue weighted by atomic mass is 32.1. The van der Waals surface area contributed by atoms with Crippen LogP contribution in [-0.2, 0) is 9.59 Å². The average molecular weight is 350 g/mol. The van der Waals surface area contributed by atoms with Crippen LogP contribution in [0.4, 0.5) is 5.13 Å². The van der Waals surface area contributed by atoms with Gasteiger partial charge < -0.3 is 15.9 Å². The molecule has 0 atom stereocenters. The number of nitrogens with zero attached hydrogens (tertiary/aromatic N) is 3. The van der Waals surface area contributed by atoms with E-state index in [1.54, 1.807) is 0 Å². The van der Waals surface area contributed by atoms with Crippen LogP contribution in [0.1, 0.15) is 23.9 Å². The van der Waals surface area contributed by atoms with Crippen LogP contribution in [-0.4, -0.2) is 51.7 Å². The largest absolute Gasteiger partial charge is 0.478 e. The molecule has 0 saturated carbocycles. The van der Waals surface area contributed by atoms with E-state index in [1.165, 1.54) is 11.3 Å². The molecule has 0 fully saturated rings. The number of carboxylic acid groups (broad SMARTS) is 2. The van der Waals surface area contributed by atoms with E-state index >= 15 is 0 Å². The molecule has 0 aliphatic carbocycles. The number of rotatable bonds is 4. The fourth-order valence-corrected chi connectivity index (χ4v) is 2.69. The Kier molecular flexibility index (Phi) is 7.61. The minimum Gasteiger partial charge on any atom is -0.478 e. The second-order valence-electron chi connectivity index (χ2n) is 4.74. The minimum absolute atomic E-state index is 0.473. The summed E-state index contributed by atoms with van der Waals surface area (Å²) in [6, 6.07) is 2.16.